The van der Waals surface area contributed by atoms with Gasteiger partial charge in [-0.15, -0.1) is 0 Å². The van der Waals surface area contributed by atoms with E-state index in [1.54, 1.807) is 19.4 Å². The molecule has 0 aromatic carbocycles. The third kappa shape index (κ3) is 5.06. The van der Waals surface area contributed by atoms with Crippen molar-refractivity contribution in [3.63, 3.8) is 0 Å². The minimum absolute atomic E-state index is 0.0992. The topological polar surface area (TPSA) is 75.7 Å². The van der Waals surface area contributed by atoms with Crippen LogP contribution in [0, 0.1) is 0 Å². The van der Waals surface area contributed by atoms with Crippen molar-refractivity contribution < 1.29 is 14.3 Å². The highest BCUT2D eigenvalue weighted by Crippen LogP contribution is 2.26. The molecule has 138 valence electrons. The van der Waals surface area contributed by atoms with E-state index in [1.165, 1.54) is 25.8 Å². The summed E-state index contributed by atoms with van der Waals surface area (Å²) in [6, 6.07) is 4.41. The van der Waals surface area contributed by atoms with Crippen molar-refractivity contribution >= 4 is 6.03 Å². The van der Waals surface area contributed by atoms with E-state index in [4.69, 9.17) is 9.47 Å². The Balaban J connectivity index is 1.40. The van der Waals surface area contributed by atoms with Crippen LogP contribution in [0.25, 0.3) is 0 Å². The summed E-state index contributed by atoms with van der Waals surface area (Å²) in [5, 5.41) is 6.07. The van der Waals surface area contributed by atoms with E-state index >= 15 is 0 Å². The van der Waals surface area contributed by atoms with E-state index in [1.807, 2.05) is 6.07 Å². The number of methoxy groups -OCH3 is 1. The molecule has 1 aromatic heterocycles. The third-order valence-electron chi connectivity index (χ3n) is 4.96. The molecule has 0 aliphatic carbocycles. The Kier molecular flexibility index (Phi) is 6.47. The van der Waals surface area contributed by atoms with E-state index in [0.717, 1.165) is 18.5 Å². The predicted octanol–water partition coefficient (Wildman–Crippen LogP) is 1.53. The Hall–Kier alpha value is -1.86. The van der Waals surface area contributed by atoms with E-state index in [9.17, 15) is 4.79 Å². The number of hydrogen-bond acceptors (Lipinski definition) is 5. The monoisotopic (exact) mass is 348 g/mol. The van der Waals surface area contributed by atoms with Gasteiger partial charge in [0.15, 0.2) is 0 Å². The van der Waals surface area contributed by atoms with E-state index in [0.29, 0.717) is 31.7 Å². The molecule has 0 radical (unpaired) electrons. The second-order valence-corrected chi connectivity index (χ2v) is 6.67. The van der Waals surface area contributed by atoms with E-state index in [2.05, 4.69) is 20.5 Å². The normalized spacial score (nSPS) is 23.1. The van der Waals surface area contributed by atoms with Crippen LogP contribution in [0.5, 0.6) is 5.88 Å². The Morgan fingerprint density at radius 3 is 3.00 bits per heavy atom. The quantitative estimate of drug-likeness (QED) is 0.731. The first-order chi connectivity index (χ1) is 12.3. The van der Waals surface area contributed by atoms with Crippen LogP contribution in [0.1, 0.15) is 31.2 Å². The van der Waals surface area contributed by atoms with Crippen LogP contribution in [-0.2, 0) is 11.3 Å². The molecule has 2 aliphatic heterocycles. The average molecular weight is 348 g/mol. The number of nitrogens with one attached hydrogen (secondary N) is 2. The molecule has 2 saturated heterocycles. The standard InChI is InChI=1S/C18H28N4O3/c1-24-10-11-25-17-6-5-14(12-19-17)13-20-18(23)21-15-7-9-22-8-3-2-4-16(15)22/h5-6,12,15-16H,2-4,7-11,13H2,1H3,(H2,20,21,23)/t15-,16-/m0/s1. The minimum atomic E-state index is -0.0992. The largest absolute Gasteiger partial charge is 0.475 e. The van der Waals surface area contributed by atoms with Gasteiger partial charge in [-0.05, 0) is 31.4 Å². The molecule has 2 amide bonds. The van der Waals surface area contributed by atoms with Gasteiger partial charge >= 0.3 is 6.03 Å². The maximum Gasteiger partial charge on any atom is 0.315 e. The summed E-state index contributed by atoms with van der Waals surface area (Å²) in [5.74, 6) is 0.564. The van der Waals surface area contributed by atoms with Gasteiger partial charge in [0.25, 0.3) is 0 Å². The molecule has 0 saturated carbocycles. The number of carbonyl (C=O) groups is 1. The molecule has 3 heterocycles. The molecule has 1 aromatic rings. The molecule has 0 spiro atoms. The van der Waals surface area contributed by atoms with Crippen molar-refractivity contribution in [3.05, 3.63) is 23.9 Å². The van der Waals surface area contributed by atoms with Gasteiger partial charge in [-0.3, -0.25) is 4.90 Å². The number of amides is 2. The van der Waals surface area contributed by atoms with Crippen LogP contribution in [0.15, 0.2) is 18.3 Å². The molecule has 25 heavy (non-hydrogen) atoms. The lowest BCUT2D eigenvalue weighted by Gasteiger charge is -2.32. The van der Waals surface area contributed by atoms with E-state index < -0.39 is 0 Å². The molecular weight excluding hydrogens is 320 g/mol. The van der Waals surface area contributed by atoms with Crippen molar-refractivity contribution in [3.8, 4) is 5.88 Å². The van der Waals surface area contributed by atoms with Gasteiger partial charge in [0.05, 0.1) is 6.61 Å². The van der Waals surface area contributed by atoms with Crippen LogP contribution in [0.2, 0.25) is 0 Å². The Bertz CT molecular complexity index is 552. The van der Waals surface area contributed by atoms with Crippen molar-refractivity contribution in [2.24, 2.45) is 0 Å². The van der Waals surface area contributed by atoms with Gasteiger partial charge in [0, 0.05) is 44.5 Å². The van der Waals surface area contributed by atoms with Gasteiger partial charge in [0.2, 0.25) is 5.88 Å². The first kappa shape index (κ1) is 17.9. The molecule has 2 aliphatic rings. The van der Waals surface area contributed by atoms with Crippen LogP contribution in [0.4, 0.5) is 4.79 Å². The number of piperidine rings is 1. The Labute approximate surface area is 149 Å². The first-order valence-corrected chi connectivity index (χ1v) is 9.11. The number of carbonyl (C=O) groups excluding carboxylic acids is 1. The molecule has 2 atom stereocenters. The number of urea groups is 1. The average Bonchev–Trinajstić information content (AvgIpc) is 3.04. The first-order valence-electron chi connectivity index (χ1n) is 9.11. The molecule has 7 nitrogen and oxygen atoms in total. The number of fused-ring (bicyclic) bond motifs is 1. The van der Waals surface area contributed by atoms with E-state index in [-0.39, 0.29) is 12.1 Å². The van der Waals surface area contributed by atoms with Crippen molar-refractivity contribution in [1.29, 1.82) is 0 Å². The Morgan fingerprint density at radius 1 is 1.28 bits per heavy atom. The maximum atomic E-state index is 12.2. The zero-order valence-corrected chi connectivity index (χ0v) is 14.9. The SMILES string of the molecule is COCCOc1ccc(CNC(=O)N[C@H]2CCN3CCCC[C@@H]23)cn1. The molecule has 2 fully saturated rings. The van der Waals surface area contributed by atoms with Gasteiger partial charge in [-0.1, -0.05) is 12.5 Å². The number of hydrogen-bond donors (Lipinski definition) is 2. The lowest BCUT2D eigenvalue weighted by atomic mass is 9.99. The summed E-state index contributed by atoms with van der Waals surface area (Å²) >= 11 is 0. The highest BCUT2D eigenvalue weighted by Gasteiger charge is 2.36. The van der Waals surface area contributed by atoms with Gasteiger partial charge in [0.1, 0.15) is 6.61 Å². The Morgan fingerprint density at radius 2 is 2.20 bits per heavy atom. The number of nitrogens with zero attached hydrogens (tertiary/aromatic N) is 2. The molecule has 2 N–H and O–H groups in total. The fraction of sp³-hybridized carbons (Fsp3) is 0.667. The number of pyridine rings is 1. The minimum Gasteiger partial charge on any atom is -0.475 e. The predicted molar refractivity (Wildman–Crippen MR) is 94.6 cm³/mol. The van der Waals surface area contributed by atoms with Crippen LogP contribution < -0.4 is 15.4 Å². The summed E-state index contributed by atoms with van der Waals surface area (Å²) in [6.07, 6.45) is 6.52. The van der Waals surface area contributed by atoms with Crippen molar-refractivity contribution in [2.45, 2.75) is 44.3 Å². The summed E-state index contributed by atoms with van der Waals surface area (Å²) in [5.41, 5.74) is 0.944. The number of ether oxygens (including phenoxy) is 2. The highest BCUT2D eigenvalue weighted by molar-refractivity contribution is 5.74. The van der Waals surface area contributed by atoms with Crippen LogP contribution >= 0.6 is 0 Å². The fourth-order valence-corrected chi connectivity index (χ4v) is 3.65. The number of aromatic nitrogens is 1. The number of rotatable bonds is 7. The summed E-state index contributed by atoms with van der Waals surface area (Å²) in [4.78, 5) is 18.9. The van der Waals surface area contributed by atoms with Gasteiger partial charge in [-0.25, -0.2) is 9.78 Å². The molecule has 3 rings (SSSR count). The molecule has 0 bridgehead atoms. The van der Waals surface area contributed by atoms with Crippen LogP contribution in [0.3, 0.4) is 0 Å². The maximum absolute atomic E-state index is 12.2. The van der Waals surface area contributed by atoms with Crippen molar-refractivity contribution in [2.75, 3.05) is 33.4 Å². The van der Waals surface area contributed by atoms with Crippen LogP contribution in [-0.4, -0.2) is 61.4 Å². The fourth-order valence-electron chi connectivity index (χ4n) is 3.65. The second kappa shape index (κ2) is 9.01. The summed E-state index contributed by atoms with van der Waals surface area (Å²) in [7, 11) is 1.63. The second-order valence-electron chi connectivity index (χ2n) is 6.67. The zero-order chi connectivity index (χ0) is 17.5. The lowest BCUT2D eigenvalue weighted by molar-refractivity contribution is 0.143. The lowest BCUT2D eigenvalue weighted by Crippen LogP contribution is -2.49. The third-order valence-corrected chi connectivity index (χ3v) is 4.96. The molecule has 0 unspecified atom stereocenters. The highest BCUT2D eigenvalue weighted by atomic mass is 16.5. The van der Waals surface area contributed by atoms with Gasteiger partial charge < -0.3 is 20.1 Å². The zero-order valence-electron chi connectivity index (χ0n) is 14.9. The summed E-state index contributed by atoms with van der Waals surface area (Å²) in [6.45, 7) is 3.74. The smallest absolute Gasteiger partial charge is 0.315 e. The van der Waals surface area contributed by atoms with Crippen molar-refractivity contribution in [1.82, 2.24) is 20.5 Å². The molecular formula is C18H28N4O3. The summed E-state index contributed by atoms with van der Waals surface area (Å²) < 4.78 is 10.4. The molecule has 7 heteroatoms. The van der Waals surface area contributed by atoms with Gasteiger partial charge in [-0.2, -0.15) is 0 Å².